The monoisotopic (exact) mass is 719 g/mol. The predicted molar refractivity (Wildman–Crippen MR) is 191 cm³/mol. The van der Waals surface area contributed by atoms with Crippen molar-refractivity contribution in [3.05, 3.63) is 138 Å². The fraction of sp³-hybridized carbons (Fsp3) is 0.150. The number of esters is 4. The Labute approximate surface area is 303 Å². The van der Waals surface area contributed by atoms with Crippen LogP contribution >= 0.6 is 0 Å². The Balaban J connectivity index is 1.13. The number of benzene rings is 4. The Morgan fingerprint density at radius 1 is 0.604 bits per heavy atom. The summed E-state index contributed by atoms with van der Waals surface area (Å²) in [4.78, 5) is 64.9. The Bertz CT molecular complexity index is 2150. The highest BCUT2D eigenvalue weighted by Gasteiger charge is 2.15. The molecule has 0 aliphatic carbocycles. The van der Waals surface area contributed by atoms with E-state index in [1.54, 1.807) is 60.7 Å². The van der Waals surface area contributed by atoms with Gasteiger partial charge in [0, 0.05) is 30.6 Å². The molecule has 5 aromatic rings. The highest BCUT2D eigenvalue weighted by atomic mass is 16.5. The van der Waals surface area contributed by atoms with Crippen molar-refractivity contribution in [2.45, 2.75) is 12.8 Å². The van der Waals surface area contributed by atoms with Crippen molar-refractivity contribution in [1.82, 2.24) is 4.98 Å². The number of fused-ring (bicyclic) bond motifs is 1. The second-order valence-electron chi connectivity index (χ2n) is 11.0. The minimum atomic E-state index is -0.692. The summed E-state index contributed by atoms with van der Waals surface area (Å²) in [5, 5.41) is 0.109. The van der Waals surface area contributed by atoms with E-state index in [0.29, 0.717) is 54.2 Å². The zero-order valence-electron chi connectivity index (χ0n) is 28.3. The first-order chi connectivity index (χ1) is 25.7. The van der Waals surface area contributed by atoms with Crippen LogP contribution in [0.15, 0.2) is 126 Å². The van der Waals surface area contributed by atoms with Gasteiger partial charge in [0.05, 0.1) is 48.5 Å². The van der Waals surface area contributed by atoms with Gasteiger partial charge in [-0.15, -0.1) is 0 Å². The van der Waals surface area contributed by atoms with Gasteiger partial charge < -0.3 is 32.8 Å². The molecule has 0 fully saturated rings. The molecule has 0 radical (unpaired) electrons. The maximum atomic E-state index is 12.9. The first-order valence-corrected chi connectivity index (χ1v) is 16.3. The molecule has 270 valence electrons. The van der Waals surface area contributed by atoms with Gasteiger partial charge in [-0.3, -0.25) is 0 Å². The number of carbonyl (C=O) groups is 4. The SMILES string of the molecule is C=CC(=O)OCCCOc1ccc(C(=O)Oc2ccc(-c3nc4ccc(OC(=O)c5ccc(OCCCOC(=O)C=C)cc5)cc4c(=O)o3)cc2)cc1. The summed E-state index contributed by atoms with van der Waals surface area (Å²) >= 11 is 0. The zero-order valence-corrected chi connectivity index (χ0v) is 28.3. The fourth-order valence-corrected chi connectivity index (χ4v) is 4.57. The average molecular weight is 720 g/mol. The Hall–Kier alpha value is -7.02. The van der Waals surface area contributed by atoms with Crippen LogP contribution in [-0.4, -0.2) is 55.3 Å². The van der Waals surface area contributed by atoms with Gasteiger partial charge in [0.15, 0.2) is 0 Å². The van der Waals surface area contributed by atoms with Crippen LogP contribution in [-0.2, 0) is 19.1 Å². The van der Waals surface area contributed by atoms with E-state index in [4.69, 9.17) is 32.8 Å². The number of rotatable bonds is 17. The van der Waals surface area contributed by atoms with Gasteiger partial charge in [0.1, 0.15) is 23.0 Å². The summed E-state index contributed by atoms with van der Waals surface area (Å²) in [5.41, 5.74) is 0.644. The van der Waals surface area contributed by atoms with E-state index in [9.17, 15) is 24.0 Å². The number of hydrogen-bond acceptors (Lipinski definition) is 13. The number of hydrogen-bond donors (Lipinski definition) is 0. The van der Waals surface area contributed by atoms with Gasteiger partial charge in [-0.25, -0.2) is 29.0 Å². The standard InChI is InChI=1S/C40H33NO12/c1-3-35(42)49-23-5-21-47-29-13-9-27(10-14-29)38(44)51-31-17-7-26(8-18-31)37-41-34-20-19-32(25-33(34)40(46)53-37)52-39(45)28-11-15-30(16-12-28)48-22-6-24-50-36(43)4-2/h3-4,7-20,25H,1-2,5-6,21-24H2. The largest absolute Gasteiger partial charge is 0.493 e. The van der Waals surface area contributed by atoms with Crippen molar-refractivity contribution in [2.24, 2.45) is 0 Å². The van der Waals surface area contributed by atoms with Crippen molar-refractivity contribution >= 4 is 34.8 Å². The van der Waals surface area contributed by atoms with Gasteiger partial charge >= 0.3 is 29.5 Å². The molecule has 0 bridgehead atoms. The summed E-state index contributed by atoms with van der Waals surface area (Å²) in [7, 11) is 0. The molecule has 0 saturated carbocycles. The van der Waals surface area contributed by atoms with Crippen molar-refractivity contribution in [2.75, 3.05) is 26.4 Å². The molecule has 1 heterocycles. The molecule has 0 aliphatic heterocycles. The van der Waals surface area contributed by atoms with Crippen LogP contribution < -0.4 is 24.6 Å². The molecule has 0 amide bonds. The second-order valence-corrected chi connectivity index (χ2v) is 11.0. The topological polar surface area (TPSA) is 167 Å². The minimum Gasteiger partial charge on any atom is -0.493 e. The summed E-state index contributed by atoms with van der Waals surface area (Å²) < 4.78 is 37.4. The summed E-state index contributed by atoms with van der Waals surface area (Å²) in [6, 6.07) is 23.4. The van der Waals surface area contributed by atoms with Crippen molar-refractivity contribution in [3.8, 4) is 34.5 Å². The third kappa shape index (κ3) is 10.7. The van der Waals surface area contributed by atoms with Crippen LogP contribution in [0.3, 0.4) is 0 Å². The van der Waals surface area contributed by atoms with Gasteiger partial charge in [-0.2, -0.15) is 0 Å². The Kier molecular flexibility index (Phi) is 12.8. The van der Waals surface area contributed by atoms with E-state index in [1.807, 2.05) is 0 Å². The highest BCUT2D eigenvalue weighted by Crippen LogP contribution is 2.25. The zero-order chi connectivity index (χ0) is 37.6. The Morgan fingerprint density at radius 3 is 1.58 bits per heavy atom. The smallest absolute Gasteiger partial charge is 0.347 e. The molecule has 4 aromatic carbocycles. The van der Waals surface area contributed by atoms with Gasteiger partial charge in [-0.1, -0.05) is 13.2 Å². The number of ether oxygens (including phenoxy) is 6. The van der Waals surface area contributed by atoms with Crippen LogP contribution in [0, 0.1) is 0 Å². The minimum absolute atomic E-state index is 0.0414. The fourth-order valence-electron chi connectivity index (χ4n) is 4.57. The van der Waals surface area contributed by atoms with Crippen molar-refractivity contribution < 1.29 is 52.0 Å². The first kappa shape index (κ1) is 37.2. The highest BCUT2D eigenvalue weighted by molar-refractivity contribution is 5.92. The molecule has 0 aliphatic rings. The number of carbonyl (C=O) groups excluding carboxylic acids is 4. The molecule has 0 spiro atoms. The van der Waals surface area contributed by atoms with E-state index in [0.717, 1.165) is 12.2 Å². The first-order valence-electron chi connectivity index (χ1n) is 16.3. The van der Waals surface area contributed by atoms with Gasteiger partial charge in [-0.05, 0) is 91.0 Å². The maximum absolute atomic E-state index is 12.9. The quantitative estimate of drug-likeness (QED) is 0.0456. The molecule has 0 atom stereocenters. The molecular weight excluding hydrogens is 686 g/mol. The lowest BCUT2D eigenvalue weighted by atomic mass is 10.2. The lowest BCUT2D eigenvalue weighted by Gasteiger charge is -2.09. The normalized spacial score (nSPS) is 10.5. The molecular formula is C40H33NO12. The van der Waals surface area contributed by atoms with E-state index >= 15 is 0 Å². The molecule has 53 heavy (non-hydrogen) atoms. The van der Waals surface area contributed by atoms with Crippen LogP contribution in [0.5, 0.6) is 23.0 Å². The summed E-state index contributed by atoms with van der Waals surface area (Å²) in [5.74, 6) is -0.752. The third-order valence-electron chi connectivity index (χ3n) is 7.24. The maximum Gasteiger partial charge on any atom is 0.347 e. The number of aromatic nitrogens is 1. The van der Waals surface area contributed by atoms with E-state index < -0.39 is 29.5 Å². The van der Waals surface area contributed by atoms with E-state index in [1.165, 1.54) is 30.3 Å². The van der Waals surface area contributed by atoms with Crippen LogP contribution in [0.25, 0.3) is 22.4 Å². The summed E-state index contributed by atoms with van der Waals surface area (Å²) in [6.45, 7) is 7.68. The lowest BCUT2D eigenvalue weighted by Crippen LogP contribution is -2.10. The van der Waals surface area contributed by atoms with Crippen LogP contribution in [0.2, 0.25) is 0 Å². The molecule has 0 unspecified atom stereocenters. The molecule has 5 rings (SSSR count). The molecule has 13 nitrogen and oxygen atoms in total. The molecule has 0 saturated heterocycles. The second kappa shape index (κ2) is 18.3. The van der Waals surface area contributed by atoms with Crippen molar-refractivity contribution in [1.29, 1.82) is 0 Å². The molecule has 0 N–H and O–H groups in total. The van der Waals surface area contributed by atoms with Gasteiger partial charge in [0.25, 0.3) is 0 Å². The Morgan fingerprint density at radius 2 is 1.08 bits per heavy atom. The van der Waals surface area contributed by atoms with Crippen LogP contribution in [0.4, 0.5) is 0 Å². The average Bonchev–Trinajstić information content (AvgIpc) is 3.18. The predicted octanol–water partition coefficient (Wildman–Crippen LogP) is 6.29. The van der Waals surface area contributed by atoms with E-state index in [2.05, 4.69) is 18.1 Å². The summed E-state index contributed by atoms with van der Waals surface area (Å²) in [6.07, 6.45) is 3.15. The van der Waals surface area contributed by atoms with Crippen LogP contribution in [0.1, 0.15) is 33.6 Å². The third-order valence-corrected chi connectivity index (χ3v) is 7.24. The molecule has 1 aromatic heterocycles. The van der Waals surface area contributed by atoms with E-state index in [-0.39, 0.29) is 41.6 Å². The van der Waals surface area contributed by atoms with Gasteiger partial charge in [0.2, 0.25) is 5.89 Å². The number of nitrogens with zero attached hydrogens (tertiary/aromatic N) is 1. The molecule has 13 heteroatoms. The lowest BCUT2D eigenvalue weighted by molar-refractivity contribution is -0.138. The van der Waals surface area contributed by atoms with Crippen molar-refractivity contribution in [3.63, 3.8) is 0 Å².